The Labute approximate surface area is 141 Å². The van der Waals surface area contributed by atoms with E-state index in [1.165, 1.54) is 6.42 Å². The Bertz CT molecular complexity index is 694. The zero-order chi connectivity index (χ0) is 17.2. The number of carbonyl (C=O) groups is 1. The molecule has 1 aliphatic carbocycles. The van der Waals surface area contributed by atoms with Crippen LogP contribution >= 0.6 is 0 Å². The maximum Gasteiger partial charge on any atom is 0.223 e. The van der Waals surface area contributed by atoms with Crippen LogP contribution in [0, 0.1) is 20.8 Å². The Kier molecular flexibility index (Phi) is 4.69. The molecule has 0 spiro atoms. The molecule has 2 aromatic heterocycles. The summed E-state index contributed by atoms with van der Waals surface area (Å²) in [6, 6.07) is 0. The molecule has 0 aliphatic heterocycles. The lowest BCUT2D eigenvalue weighted by Crippen LogP contribution is -2.48. The van der Waals surface area contributed by atoms with Crippen molar-refractivity contribution in [3.63, 3.8) is 0 Å². The van der Waals surface area contributed by atoms with Gasteiger partial charge in [0.25, 0.3) is 0 Å². The van der Waals surface area contributed by atoms with Crippen LogP contribution in [-0.2, 0) is 16.8 Å². The van der Waals surface area contributed by atoms with Gasteiger partial charge in [0.2, 0.25) is 11.8 Å². The fraction of sp³-hybridized carbons (Fsp3) is 0.647. The molecule has 1 saturated carbocycles. The van der Waals surface area contributed by atoms with Gasteiger partial charge in [-0.05, 0) is 33.1 Å². The van der Waals surface area contributed by atoms with Gasteiger partial charge in [-0.2, -0.15) is 4.98 Å². The first kappa shape index (κ1) is 16.7. The second-order valence-electron chi connectivity index (χ2n) is 6.63. The lowest BCUT2D eigenvalue weighted by Gasteiger charge is -2.35. The van der Waals surface area contributed by atoms with E-state index in [0.717, 1.165) is 42.7 Å². The van der Waals surface area contributed by atoms with Crippen LogP contribution in [0.5, 0.6) is 0 Å². The monoisotopic (exact) mass is 332 g/mol. The maximum absolute atomic E-state index is 12.6. The lowest BCUT2D eigenvalue weighted by molar-refractivity contribution is -0.123. The quantitative estimate of drug-likeness (QED) is 0.904. The first-order valence-electron chi connectivity index (χ1n) is 8.54. The molecular weight excluding hydrogens is 308 g/mol. The smallest absolute Gasteiger partial charge is 0.223 e. The molecule has 0 aromatic carbocycles. The summed E-state index contributed by atoms with van der Waals surface area (Å²) in [6.45, 7) is 5.54. The number of nitrogens with one attached hydrogen (secondary N) is 1. The Morgan fingerprint density at radius 3 is 2.46 bits per heavy atom. The summed E-state index contributed by atoms with van der Waals surface area (Å²) < 4.78 is 10.3. The van der Waals surface area contributed by atoms with Crippen LogP contribution in [0.1, 0.15) is 67.3 Å². The van der Waals surface area contributed by atoms with Crippen LogP contribution in [0.2, 0.25) is 0 Å². The van der Waals surface area contributed by atoms with E-state index < -0.39 is 5.54 Å². The van der Waals surface area contributed by atoms with Crippen LogP contribution in [0.25, 0.3) is 0 Å². The van der Waals surface area contributed by atoms with Gasteiger partial charge in [0.05, 0.1) is 5.69 Å². The van der Waals surface area contributed by atoms with Crippen molar-refractivity contribution < 1.29 is 13.8 Å². The molecule has 0 unspecified atom stereocenters. The summed E-state index contributed by atoms with van der Waals surface area (Å²) in [5.74, 6) is 1.91. The van der Waals surface area contributed by atoms with Gasteiger partial charge >= 0.3 is 0 Å². The third-order valence-electron chi connectivity index (χ3n) is 4.82. The zero-order valence-corrected chi connectivity index (χ0v) is 14.5. The van der Waals surface area contributed by atoms with Crippen LogP contribution in [0.3, 0.4) is 0 Å². The van der Waals surface area contributed by atoms with Crippen LogP contribution in [0.15, 0.2) is 9.05 Å². The molecule has 1 fully saturated rings. The molecule has 2 heterocycles. The van der Waals surface area contributed by atoms with Crippen molar-refractivity contribution in [2.24, 2.45) is 0 Å². The minimum absolute atomic E-state index is 0.000599. The summed E-state index contributed by atoms with van der Waals surface area (Å²) in [4.78, 5) is 16.9. The summed E-state index contributed by atoms with van der Waals surface area (Å²) in [5, 5.41) is 11.2. The highest BCUT2D eigenvalue weighted by molar-refractivity contribution is 5.77. The minimum atomic E-state index is -0.494. The fourth-order valence-corrected chi connectivity index (χ4v) is 3.48. The zero-order valence-electron chi connectivity index (χ0n) is 14.5. The molecule has 130 valence electrons. The highest BCUT2D eigenvalue weighted by atomic mass is 16.5. The number of carbonyl (C=O) groups excluding carboxylic acids is 1. The molecule has 24 heavy (non-hydrogen) atoms. The molecule has 0 bridgehead atoms. The van der Waals surface area contributed by atoms with Crippen LogP contribution in [0.4, 0.5) is 0 Å². The van der Waals surface area contributed by atoms with E-state index in [1.807, 2.05) is 13.8 Å². The van der Waals surface area contributed by atoms with Gasteiger partial charge in [-0.1, -0.05) is 29.6 Å². The first-order valence-corrected chi connectivity index (χ1v) is 8.54. The van der Waals surface area contributed by atoms with Crippen LogP contribution < -0.4 is 5.32 Å². The maximum atomic E-state index is 12.6. The van der Waals surface area contributed by atoms with Gasteiger partial charge in [-0.15, -0.1) is 0 Å². The Balaban J connectivity index is 1.70. The van der Waals surface area contributed by atoms with Gasteiger partial charge < -0.3 is 14.4 Å². The highest BCUT2D eigenvalue weighted by Gasteiger charge is 2.39. The summed E-state index contributed by atoms with van der Waals surface area (Å²) in [5.41, 5.74) is 1.37. The molecule has 2 aromatic rings. The van der Waals surface area contributed by atoms with Crippen molar-refractivity contribution in [1.29, 1.82) is 0 Å². The van der Waals surface area contributed by atoms with E-state index in [-0.39, 0.29) is 5.91 Å². The molecule has 0 radical (unpaired) electrons. The molecule has 0 atom stereocenters. The van der Waals surface area contributed by atoms with E-state index in [2.05, 4.69) is 20.6 Å². The van der Waals surface area contributed by atoms with Gasteiger partial charge in [0.1, 0.15) is 11.3 Å². The Morgan fingerprint density at radius 1 is 1.12 bits per heavy atom. The van der Waals surface area contributed by atoms with E-state index in [4.69, 9.17) is 9.05 Å². The van der Waals surface area contributed by atoms with E-state index >= 15 is 0 Å². The average molecular weight is 332 g/mol. The number of aryl methyl sites for hydroxylation is 3. The second-order valence-corrected chi connectivity index (χ2v) is 6.63. The number of hydrogen-bond acceptors (Lipinski definition) is 6. The molecule has 0 saturated heterocycles. The molecule has 3 rings (SSSR count). The molecule has 1 amide bonds. The Morgan fingerprint density at radius 2 is 1.88 bits per heavy atom. The number of aromatic nitrogens is 3. The van der Waals surface area contributed by atoms with Crippen molar-refractivity contribution in [3.8, 4) is 0 Å². The minimum Gasteiger partial charge on any atom is -0.361 e. The SMILES string of the molecule is Cc1nc(C2(NC(=O)CCc3c(C)noc3C)CCCCC2)no1. The molecule has 1 aliphatic rings. The highest BCUT2D eigenvalue weighted by Crippen LogP contribution is 2.35. The number of nitrogens with zero attached hydrogens (tertiary/aromatic N) is 3. The van der Waals surface area contributed by atoms with Crippen molar-refractivity contribution in [2.45, 2.75) is 71.3 Å². The number of rotatable bonds is 5. The predicted molar refractivity (Wildman–Crippen MR) is 86.2 cm³/mol. The van der Waals surface area contributed by atoms with Crippen molar-refractivity contribution in [1.82, 2.24) is 20.6 Å². The molecular formula is C17H24N4O3. The first-order chi connectivity index (χ1) is 11.5. The molecule has 1 N–H and O–H groups in total. The standard InChI is InChI=1S/C17H24N4O3/c1-11-14(12(2)23-20-11)7-8-15(22)19-17(9-5-4-6-10-17)16-18-13(3)24-21-16/h4-10H2,1-3H3,(H,19,22). The molecule has 7 nitrogen and oxygen atoms in total. The number of amides is 1. The van der Waals surface area contributed by atoms with Crippen molar-refractivity contribution >= 4 is 5.91 Å². The van der Waals surface area contributed by atoms with Gasteiger partial charge in [0, 0.05) is 18.9 Å². The average Bonchev–Trinajstić information content (AvgIpc) is 3.13. The summed E-state index contributed by atoms with van der Waals surface area (Å²) in [6.07, 6.45) is 5.99. The van der Waals surface area contributed by atoms with E-state index in [0.29, 0.717) is 24.6 Å². The Hall–Kier alpha value is -2.18. The lowest BCUT2D eigenvalue weighted by atomic mass is 9.80. The van der Waals surface area contributed by atoms with Crippen molar-refractivity contribution in [3.05, 3.63) is 28.7 Å². The van der Waals surface area contributed by atoms with Gasteiger partial charge in [0.15, 0.2) is 5.82 Å². The second kappa shape index (κ2) is 6.75. The largest absolute Gasteiger partial charge is 0.361 e. The molecule has 7 heteroatoms. The number of hydrogen-bond donors (Lipinski definition) is 1. The van der Waals surface area contributed by atoms with Gasteiger partial charge in [-0.25, -0.2) is 0 Å². The predicted octanol–water partition coefficient (Wildman–Crippen LogP) is 2.89. The summed E-state index contributed by atoms with van der Waals surface area (Å²) in [7, 11) is 0. The van der Waals surface area contributed by atoms with Crippen LogP contribution in [-0.4, -0.2) is 21.2 Å². The third kappa shape index (κ3) is 3.34. The third-order valence-corrected chi connectivity index (χ3v) is 4.82. The summed E-state index contributed by atoms with van der Waals surface area (Å²) >= 11 is 0. The normalized spacial score (nSPS) is 17.0. The van der Waals surface area contributed by atoms with Crippen molar-refractivity contribution in [2.75, 3.05) is 0 Å². The van der Waals surface area contributed by atoms with E-state index in [1.54, 1.807) is 6.92 Å². The van der Waals surface area contributed by atoms with E-state index in [9.17, 15) is 4.79 Å². The topological polar surface area (TPSA) is 94.1 Å². The van der Waals surface area contributed by atoms with Gasteiger partial charge in [-0.3, -0.25) is 4.79 Å². The fourth-order valence-electron chi connectivity index (χ4n) is 3.48.